The molecule has 1 aromatic heterocycles. The second-order valence-electron chi connectivity index (χ2n) is 5.41. The number of piperidine rings is 1. The van der Waals surface area contributed by atoms with Gasteiger partial charge in [-0.25, -0.2) is 0 Å². The van der Waals surface area contributed by atoms with Gasteiger partial charge in [-0.2, -0.15) is 5.10 Å². The van der Waals surface area contributed by atoms with Crippen molar-refractivity contribution in [2.45, 2.75) is 37.9 Å². The van der Waals surface area contributed by atoms with Crippen molar-refractivity contribution in [3.05, 3.63) is 18.0 Å². The molecular weight excluding hydrogens is 246 g/mol. The van der Waals surface area contributed by atoms with E-state index in [2.05, 4.69) is 5.10 Å². The molecule has 1 aromatic rings. The third kappa shape index (κ3) is 3.13. The summed E-state index contributed by atoms with van der Waals surface area (Å²) in [6, 6.07) is 1.89. The standard InChI is InChI=1S/C13H21N3O3/c1-13(19)6-8-16(9-11(13)17)12(18)4-3-10-5-7-14-15(10)2/h5,7,11,17,19H,3-4,6,8-9H2,1-2H3. The third-order valence-corrected chi connectivity index (χ3v) is 3.87. The minimum atomic E-state index is -1.08. The Balaban J connectivity index is 1.86. The topological polar surface area (TPSA) is 78.6 Å². The summed E-state index contributed by atoms with van der Waals surface area (Å²) in [6.45, 7) is 2.31. The summed E-state index contributed by atoms with van der Waals surface area (Å²) in [5, 5.41) is 23.7. The maximum absolute atomic E-state index is 12.1. The number of likely N-dealkylation sites (tertiary alicyclic amines) is 1. The number of amides is 1. The second-order valence-corrected chi connectivity index (χ2v) is 5.41. The van der Waals surface area contributed by atoms with Gasteiger partial charge in [0.1, 0.15) is 0 Å². The Morgan fingerprint density at radius 1 is 1.63 bits per heavy atom. The molecule has 2 N–H and O–H groups in total. The minimum Gasteiger partial charge on any atom is -0.388 e. The van der Waals surface area contributed by atoms with Crippen LogP contribution in [0.3, 0.4) is 0 Å². The highest BCUT2D eigenvalue weighted by molar-refractivity contribution is 5.76. The molecule has 0 bridgehead atoms. The Labute approximate surface area is 112 Å². The van der Waals surface area contributed by atoms with Crippen LogP contribution in [0.2, 0.25) is 0 Å². The molecule has 1 aliphatic heterocycles. The van der Waals surface area contributed by atoms with E-state index in [0.717, 1.165) is 5.69 Å². The Hall–Kier alpha value is -1.40. The van der Waals surface area contributed by atoms with Crippen LogP contribution in [0.5, 0.6) is 0 Å². The van der Waals surface area contributed by atoms with E-state index in [1.54, 1.807) is 22.7 Å². The molecule has 106 valence electrons. The van der Waals surface area contributed by atoms with Crippen LogP contribution in [-0.4, -0.2) is 55.6 Å². The summed E-state index contributed by atoms with van der Waals surface area (Å²) < 4.78 is 1.75. The summed E-state index contributed by atoms with van der Waals surface area (Å²) in [7, 11) is 1.85. The second kappa shape index (κ2) is 5.30. The lowest BCUT2D eigenvalue weighted by molar-refractivity contribution is -0.146. The molecule has 0 aromatic carbocycles. The summed E-state index contributed by atoms with van der Waals surface area (Å²) >= 11 is 0. The highest BCUT2D eigenvalue weighted by Crippen LogP contribution is 2.22. The molecule has 0 aliphatic carbocycles. The van der Waals surface area contributed by atoms with E-state index >= 15 is 0 Å². The first-order valence-electron chi connectivity index (χ1n) is 6.55. The molecule has 6 nitrogen and oxygen atoms in total. The van der Waals surface area contributed by atoms with Crippen molar-refractivity contribution in [2.75, 3.05) is 13.1 Å². The minimum absolute atomic E-state index is 0.00995. The van der Waals surface area contributed by atoms with E-state index in [-0.39, 0.29) is 12.5 Å². The average molecular weight is 267 g/mol. The molecule has 0 saturated carbocycles. The summed E-state index contributed by atoms with van der Waals surface area (Å²) in [6.07, 6.45) is 2.28. The number of nitrogens with zero attached hydrogens (tertiary/aromatic N) is 3. The predicted molar refractivity (Wildman–Crippen MR) is 69.4 cm³/mol. The maximum Gasteiger partial charge on any atom is 0.223 e. The number of aliphatic hydroxyl groups excluding tert-OH is 1. The number of hydrogen-bond acceptors (Lipinski definition) is 4. The van der Waals surface area contributed by atoms with Crippen molar-refractivity contribution in [3.8, 4) is 0 Å². The fraction of sp³-hybridized carbons (Fsp3) is 0.692. The number of carbonyl (C=O) groups is 1. The molecule has 6 heteroatoms. The van der Waals surface area contributed by atoms with Gasteiger partial charge in [0.2, 0.25) is 5.91 Å². The van der Waals surface area contributed by atoms with Crippen LogP contribution in [0.4, 0.5) is 0 Å². The fourth-order valence-corrected chi connectivity index (χ4v) is 2.29. The molecule has 1 amide bonds. The molecule has 2 rings (SSSR count). The van der Waals surface area contributed by atoms with Gasteiger partial charge < -0.3 is 15.1 Å². The number of rotatable bonds is 3. The Morgan fingerprint density at radius 2 is 2.37 bits per heavy atom. The van der Waals surface area contributed by atoms with Crippen LogP contribution in [-0.2, 0) is 18.3 Å². The zero-order valence-electron chi connectivity index (χ0n) is 11.4. The van der Waals surface area contributed by atoms with E-state index in [1.165, 1.54) is 0 Å². The first kappa shape index (κ1) is 14.0. The molecule has 1 fully saturated rings. The molecule has 0 spiro atoms. The lowest BCUT2D eigenvalue weighted by Crippen LogP contribution is -2.55. The largest absolute Gasteiger partial charge is 0.388 e. The van der Waals surface area contributed by atoms with Crippen molar-refractivity contribution < 1.29 is 15.0 Å². The molecule has 1 aliphatic rings. The van der Waals surface area contributed by atoms with E-state index in [1.807, 2.05) is 13.1 Å². The smallest absolute Gasteiger partial charge is 0.223 e. The first-order valence-corrected chi connectivity index (χ1v) is 6.55. The normalized spacial score (nSPS) is 27.6. The van der Waals surface area contributed by atoms with E-state index in [4.69, 9.17) is 0 Å². The van der Waals surface area contributed by atoms with E-state index in [9.17, 15) is 15.0 Å². The van der Waals surface area contributed by atoms with Gasteiger partial charge in [0.05, 0.1) is 11.7 Å². The van der Waals surface area contributed by atoms with Crippen LogP contribution in [0.25, 0.3) is 0 Å². The maximum atomic E-state index is 12.1. The fourth-order valence-electron chi connectivity index (χ4n) is 2.29. The van der Waals surface area contributed by atoms with Crippen molar-refractivity contribution in [1.29, 1.82) is 0 Å². The van der Waals surface area contributed by atoms with Crippen molar-refractivity contribution in [1.82, 2.24) is 14.7 Å². The van der Waals surface area contributed by atoms with Crippen LogP contribution < -0.4 is 0 Å². The zero-order valence-corrected chi connectivity index (χ0v) is 11.4. The summed E-state index contributed by atoms with van der Waals surface area (Å²) in [4.78, 5) is 13.7. The van der Waals surface area contributed by atoms with Crippen molar-refractivity contribution >= 4 is 5.91 Å². The average Bonchev–Trinajstić information content (AvgIpc) is 2.75. The van der Waals surface area contributed by atoms with Crippen molar-refractivity contribution in [3.63, 3.8) is 0 Å². The summed E-state index contributed by atoms with van der Waals surface area (Å²) in [5.74, 6) is 0.00995. The van der Waals surface area contributed by atoms with Gasteiger partial charge in [0, 0.05) is 38.4 Å². The number of aromatic nitrogens is 2. The Bertz CT molecular complexity index is 456. The van der Waals surface area contributed by atoms with E-state index in [0.29, 0.717) is 25.8 Å². The third-order valence-electron chi connectivity index (χ3n) is 3.87. The van der Waals surface area contributed by atoms with Crippen LogP contribution in [0.15, 0.2) is 12.3 Å². The SMILES string of the molecule is Cn1nccc1CCC(=O)N1CCC(C)(O)C(O)C1. The number of carbonyl (C=O) groups excluding carboxylic acids is 1. The number of β-amino-alcohol motifs (C(OH)–C–C–N with tert-alkyl or cyclic N) is 1. The predicted octanol–water partition coefficient (Wildman–Crippen LogP) is -0.303. The van der Waals surface area contributed by atoms with Gasteiger partial charge in [0.15, 0.2) is 0 Å². The van der Waals surface area contributed by atoms with Crippen LogP contribution in [0.1, 0.15) is 25.5 Å². The van der Waals surface area contributed by atoms with Gasteiger partial charge >= 0.3 is 0 Å². The molecule has 19 heavy (non-hydrogen) atoms. The molecule has 1 saturated heterocycles. The van der Waals surface area contributed by atoms with Gasteiger partial charge in [-0.1, -0.05) is 0 Å². The van der Waals surface area contributed by atoms with Gasteiger partial charge in [-0.05, 0) is 25.8 Å². The Kier molecular flexibility index (Phi) is 3.91. The summed E-state index contributed by atoms with van der Waals surface area (Å²) in [5.41, 5.74) is -0.0726. The number of hydrogen-bond donors (Lipinski definition) is 2. The lowest BCUT2D eigenvalue weighted by Gasteiger charge is -2.40. The van der Waals surface area contributed by atoms with Crippen molar-refractivity contribution in [2.24, 2.45) is 7.05 Å². The quantitative estimate of drug-likeness (QED) is 0.788. The molecular formula is C13H21N3O3. The highest BCUT2D eigenvalue weighted by Gasteiger charge is 2.37. The van der Waals surface area contributed by atoms with Gasteiger partial charge in [-0.3, -0.25) is 9.48 Å². The molecule has 2 heterocycles. The molecule has 2 atom stereocenters. The van der Waals surface area contributed by atoms with Crippen LogP contribution >= 0.6 is 0 Å². The first-order chi connectivity index (χ1) is 8.90. The number of aliphatic hydroxyl groups is 2. The van der Waals surface area contributed by atoms with Gasteiger partial charge in [-0.15, -0.1) is 0 Å². The number of aryl methyl sites for hydroxylation is 2. The lowest BCUT2D eigenvalue weighted by atomic mass is 9.90. The molecule has 2 unspecified atom stereocenters. The molecule has 0 radical (unpaired) electrons. The monoisotopic (exact) mass is 267 g/mol. The zero-order chi connectivity index (χ0) is 14.0. The van der Waals surface area contributed by atoms with E-state index < -0.39 is 11.7 Å². The van der Waals surface area contributed by atoms with Gasteiger partial charge in [0.25, 0.3) is 0 Å². The van der Waals surface area contributed by atoms with Crippen LogP contribution in [0, 0.1) is 0 Å². The Morgan fingerprint density at radius 3 is 2.95 bits per heavy atom. The highest BCUT2D eigenvalue weighted by atomic mass is 16.3.